The molecule has 0 saturated carbocycles. The molecule has 1 heterocycles. The van der Waals surface area contributed by atoms with E-state index < -0.39 is 0 Å². The van der Waals surface area contributed by atoms with E-state index in [-0.39, 0.29) is 11.8 Å². The van der Waals surface area contributed by atoms with Gasteiger partial charge in [0.05, 0.1) is 6.61 Å². The van der Waals surface area contributed by atoms with Crippen LogP contribution in [-0.2, 0) is 14.3 Å². The number of carbonyl (C=O) groups excluding carboxylic acids is 2. The van der Waals surface area contributed by atoms with Gasteiger partial charge in [-0.15, -0.1) is 0 Å². The van der Waals surface area contributed by atoms with Crippen LogP contribution < -0.4 is 0 Å². The van der Waals surface area contributed by atoms with Crippen LogP contribution in [0, 0.1) is 0 Å². The van der Waals surface area contributed by atoms with Gasteiger partial charge in [-0.2, -0.15) is 0 Å². The number of allylic oxidation sites excluding steroid dienone is 1. The number of unbranched alkanes of at least 4 members (excludes halogenated alkanes) is 11. The Morgan fingerprint density at radius 2 is 1.31 bits per heavy atom. The van der Waals surface area contributed by atoms with Crippen molar-refractivity contribution in [3.8, 4) is 0 Å². The van der Waals surface area contributed by atoms with E-state index in [1.54, 1.807) is 0 Å². The number of amides is 2. The number of rotatable bonds is 16. The summed E-state index contributed by atoms with van der Waals surface area (Å²) in [6.07, 6.45) is 18.0. The van der Waals surface area contributed by atoms with E-state index >= 15 is 0 Å². The zero-order valence-electron chi connectivity index (χ0n) is 17.1. The topological polar surface area (TPSA) is 46.6 Å². The van der Waals surface area contributed by atoms with E-state index in [4.69, 9.17) is 4.74 Å². The number of nitrogens with zero attached hydrogens (tertiary/aromatic N) is 1. The summed E-state index contributed by atoms with van der Waals surface area (Å²) in [7, 11) is 0. The summed E-state index contributed by atoms with van der Waals surface area (Å²) in [5.74, 6) is 0.249. The number of carbonyl (C=O) groups is 2. The zero-order chi connectivity index (χ0) is 19.0. The molecule has 0 spiro atoms. The molecule has 4 nitrogen and oxygen atoms in total. The number of ether oxygens (including phenoxy) is 1. The minimum absolute atomic E-state index is 0.118. The highest BCUT2D eigenvalue weighted by Gasteiger charge is 2.32. The van der Waals surface area contributed by atoms with E-state index in [1.807, 2.05) is 6.08 Å². The Bertz CT molecular complexity index is 415. The third-order valence-corrected chi connectivity index (χ3v) is 4.90. The molecule has 0 unspecified atom stereocenters. The molecule has 1 rings (SSSR count). The second kappa shape index (κ2) is 14.8. The first-order chi connectivity index (χ1) is 12.7. The van der Waals surface area contributed by atoms with Crippen LogP contribution in [0.15, 0.2) is 12.0 Å². The van der Waals surface area contributed by atoms with Crippen molar-refractivity contribution in [2.45, 2.75) is 110 Å². The van der Waals surface area contributed by atoms with Gasteiger partial charge in [0.25, 0.3) is 0 Å². The van der Waals surface area contributed by atoms with Crippen molar-refractivity contribution < 1.29 is 14.3 Å². The first kappa shape index (κ1) is 22.7. The molecule has 1 aliphatic heterocycles. The summed E-state index contributed by atoms with van der Waals surface area (Å²) in [6, 6.07) is 0. The van der Waals surface area contributed by atoms with Gasteiger partial charge >= 0.3 is 0 Å². The fourth-order valence-corrected chi connectivity index (χ4v) is 3.25. The number of hydrogen-bond acceptors (Lipinski definition) is 3. The van der Waals surface area contributed by atoms with Crippen LogP contribution >= 0.6 is 0 Å². The molecule has 0 radical (unpaired) electrons. The Kier molecular flexibility index (Phi) is 12.9. The molecule has 150 valence electrons. The van der Waals surface area contributed by atoms with Gasteiger partial charge in [-0.1, -0.05) is 78.1 Å². The molecule has 26 heavy (non-hydrogen) atoms. The van der Waals surface area contributed by atoms with Crippen LogP contribution in [0.4, 0.5) is 0 Å². The van der Waals surface area contributed by atoms with Gasteiger partial charge in [0.2, 0.25) is 11.8 Å². The second-order valence-electron chi connectivity index (χ2n) is 7.34. The molecular weight excluding hydrogens is 326 g/mol. The summed E-state index contributed by atoms with van der Waals surface area (Å²) in [5.41, 5.74) is 0. The third-order valence-electron chi connectivity index (χ3n) is 4.90. The van der Waals surface area contributed by atoms with Crippen molar-refractivity contribution in [3.05, 3.63) is 12.0 Å². The molecule has 0 aromatic heterocycles. The molecule has 0 aliphatic carbocycles. The first-order valence-corrected chi connectivity index (χ1v) is 10.9. The predicted molar refractivity (Wildman–Crippen MR) is 106 cm³/mol. The minimum Gasteiger partial charge on any atom is -0.479 e. The lowest BCUT2D eigenvalue weighted by atomic mass is 10.1. The van der Waals surface area contributed by atoms with E-state index in [0.29, 0.717) is 25.3 Å². The van der Waals surface area contributed by atoms with Gasteiger partial charge in [0, 0.05) is 12.8 Å². The van der Waals surface area contributed by atoms with Crippen molar-refractivity contribution in [3.63, 3.8) is 0 Å². The normalized spacial score (nSPS) is 15.2. The lowest BCUT2D eigenvalue weighted by molar-refractivity contribution is -0.139. The van der Waals surface area contributed by atoms with E-state index in [0.717, 1.165) is 25.7 Å². The number of likely N-dealkylation sites (tertiary alicyclic amines) is 1. The molecule has 1 saturated heterocycles. The number of hydrogen-bond donors (Lipinski definition) is 0. The molecule has 0 aromatic carbocycles. The van der Waals surface area contributed by atoms with Crippen LogP contribution in [0.3, 0.4) is 0 Å². The smallest absolute Gasteiger partial charge is 0.236 e. The van der Waals surface area contributed by atoms with Crippen LogP contribution in [0.25, 0.3) is 0 Å². The Balaban J connectivity index is 2.37. The standard InChI is InChI=1S/C22H39NO3/c1-3-5-7-9-11-12-14-16-22(23-20(24)17-18-21(23)25)26-19-15-13-10-8-6-4-2/h16H,3-15,17-19H2,1-2H3. The van der Waals surface area contributed by atoms with Crippen molar-refractivity contribution in [1.82, 2.24) is 4.90 Å². The maximum atomic E-state index is 12.0. The Hall–Kier alpha value is -1.32. The summed E-state index contributed by atoms with van der Waals surface area (Å²) in [5, 5.41) is 0. The lowest BCUT2D eigenvalue weighted by Gasteiger charge is -2.19. The zero-order valence-corrected chi connectivity index (χ0v) is 17.1. The molecule has 1 aliphatic rings. The quantitative estimate of drug-likeness (QED) is 0.188. The maximum Gasteiger partial charge on any atom is 0.236 e. The Morgan fingerprint density at radius 3 is 1.88 bits per heavy atom. The fraction of sp³-hybridized carbons (Fsp3) is 0.818. The molecule has 1 fully saturated rings. The van der Waals surface area contributed by atoms with Crippen molar-refractivity contribution >= 4 is 11.8 Å². The molecule has 4 heteroatoms. The first-order valence-electron chi connectivity index (χ1n) is 10.9. The molecule has 0 atom stereocenters. The summed E-state index contributed by atoms with van der Waals surface area (Å²) in [6.45, 7) is 5.03. The molecule has 0 bridgehead atoms. The average molecular weight is 366 g/mol. The maximum absolute atomic E-state index is 12.0. The van der Waals surface area contributed by atoms with Gasteiger partial charge in [-0.25, -0.2) is 4.90 Å². The summed E-state index contributed by atoms with van der Waals surface area (Å²) >= 11 is 0. The van der Waals surface area contributed by atoms with Crippen LogP contribution in [-0.4, -0.2) is 23.3 Å². The molecule has 2 amide bonds. The fourth-order valence-electron chi connectivity index (χ4n) is 3.25. The SMILES string of the molecule is CCCCCCCCC=C(OCCCCCCCC)N1C(=O)CCC1=O. The average Bonchev–Trinajstić information content (AvgIpc) is 2.97. The Labute approximate surface area is 160 Å². The third kappa shape index (κ3) is 9.40. The van der Waals surface area contributed by atoms with Crippen LogP contribution in [0.2, 0.25) is 0 Å². The van der Waals surface area contributed by atoms with Gasteiger partial charge < -0.3 is 4.74 Å². The van der Waals surface area contributed by atoms with Crippen molar-refractivity contribution in [2.24, 2.45) is 0 Å². The van der Waals surface area contributed by atoms with Gasteiger partial charge in [0.15, 0.2) is 5.88 Å². The highest BCUT2D eigenvalue weighted by molar-refractivity contribution is 6.03. The van der Waals surface area contributed by atoms with Crippen LogP contribution in [0.5, 0.6) is 0 Å². The van der Waals surface area contributed by atoms with E-state index in [9.17, 15) is 9.59 Å². The molecular formula is C22H39NO3. The lowest BCUT2D eigenvalue weighted by Crippen LogP contribution is -2.30. The summed E-state index contributed by atoms with van der Waals surface area (Å²) < 4.78 is 5.86. The van der Waals surface area contributed by atoms with Crippen molar-refractivity contribution in [1.29, 1.82) is 0 Å². The highest BCUT2D eigenvalue weighted by Crippen LogP contribution is 2.21. The second-order valence-corrected chi connectivity index (χ2v) is 7.34. The number of imide groups is 1. The molecule has 0 aromatic rings. The van der Waals surface area contributed by atoms with Crippen LogP contribution in [0.1, 0.15) is 110 Å². The van der Waals surface area contributed by atoms with Gasteiger partial charge in [-0.3, -0.25) is 9.59 Å². The van der Waals surface area contributed by atoms with E-state index in [1.165, 1.54) is 62.7 Å². The van der Waals surface area contributed by atoms with Gasteiger partial charge in [0.1, 0.15) is 0 Å². The highest BCUT2D eigenvalue weighted by atomic mass is 16.5. The van der Waals surface area contributed by atoms with Gasteiger partial charge in [-0.05, 0) is 25.3 Å². The largest absolute Gasteiger partial charge is 0.479 e. The summed E-state index contributed by atoms with van der Waals surface area (Å²) in [4.78, 5) is 25.3. The van der Waals surface area contributed by atoms with E-state index in [2.05, 4.69) is 13.8 Å². The van der Waals surface area contributed by atoms with Crippen molar-refractivity contribution in [2.75, 3.05) is 6.61 Å². The predicted octanol–water partition coefficient (Wildman–Crippen LogP) is 6.10. The Morgan fingerprint density at radius 1 is 0.808 bits per heavy atom. The molecule has 0 N–H and O–H groups in total. The minimum atomic E-state index is -0.118. The monoisotopic (exact) mass is 365 g/mol.